The van der Waals surface area contributed by atoms with Gasteiger partial charge in [-0.15, -0.1) is 0 Å². The third-order valence-corrected chi connectivity index (χ3v) is 3.50. The van der Waals surface area contributed by atoms with Crippen LogP contribution in [0.25, 0.3) is 11.0 Å². The summed E-state index contributed by atoms with van der Waals surface area (Å²) in [4.78, 5) is 11.5. The van der Waals surface area contributed by atoms with Crippen LogP contribution in [0.3, 0.4) is 0 Å². The van der Waals surface area contributed by atoms with E-state index in [2.05, 4.69) is 15.0 Å². The standard InChI is InChI=1S/C14H16N4O/c1-10-14(18-8-6-11(17-19)7-9-18)16-13-5-3-2-4-12(13)15-10/h2-5,19H,6-9H2,1H3. The van der Waals surface area contributed by atoms with E-state index in [4.69, 9.17) is 10.2 Å². The Kier molecular flexibility index (Phi) is 3.03. The zero-order valence-electron chi connectivity index (χ0n) is 10.9. The molecule has 0 unspecified atom stereocenters. The molecule has 98 valence electrons. The summed E-state index contributed by atoms with van der Waals surface area (Å²) in [6.45, 7) is 3.64. The third kappa shape index (κ3) is 2.23. The van der Waals surface area contributed by atoms with Crippen molar-refractivity contribution in [2.45, 2.75) is 19.8 Å². The molecule has 5 nitrogen and oxygen atoms in total. The van der Waals surface area contributed by atoms with E-state index in [0.29, 0.717) is 0 Å². The second-order valence-electron chi connectivity index (χ2n) is 4.77. The van der Waals surface area contributed by atoms with Crippen molar-refractivity contribution in [3.63, 3.8) is 0 Å². The van der Waals surface area contributed by atoms with Gasteiger partial charge in [-0.05, 0) is 19.1 Å². The topological polar surface area (TPSA) is 61.6 Å². The molecule has 1 aromatic carbocycles. The Labute approximate surface area is 111 Å². The molecule has 0 saturated carbocycles. The molecular formula is C14H16N4O. The fraction of sp³-hybridized carbons (Fsp3) is 0.357. The minimum absolute atomic E-state index is 0.782. The summed E-state index contributed by atoms with van der Waals surface area (Å²) in [5.41, 5.74) is 3.66. The average Bonchev–Trinajstić information content (AvgIpc) is 2.47. The number of para-hydroxylation sites is 2. The van der Waals surface area contributed by atoms with E-state index in [1.165, 1.54) is 0 Å². The van der Waals surface area contributed by atoms with Crippen molar-refractivity contribution in [2.24, 2.45) is 5.16 Å². The molecule has 0 spiro atoms. The first-order valence-electron chi connectivity index (χ1n) is 6.46. The van der Waals surface area contributed by atoms with Gasteiger partial charge in [0.05, 0.1) is 22.4 Å². The average molecular weight is 256 g/mol. The number of anilines is 1. The van der Waals surface area contributed by atoms with Gasteiger partial charge in [0, 0.05) is 25.9 Å². The fourth-order valence-electron chi connectivity index (χ4n) is 2.46. The van der Waals surface area contributed by atoms with Crippen LogP contribution in [0.2, 0.25) is 0 Å². The molecule has 0 atom stereocenters. The molecule has 1 aliphatic heterocycles. The second-order valence-corrected chi connectivity index (χ2v) is 4.77. The summed E-state index contributed by atoms with van der Waals surface area (Å²) in [5, 5.41) is 12.1. The highest BCUT2D eigenvalue weighted by molar-refractivity contribution is 5.86. The van der Waals surface area contributed by atoms with Crippen LogP contribution in [0.15, 0.2) is 29.4 Å². The molecule has 0 radical (unpaired) electrons. The van der Waals surface area contributed by atoms with Gasteiger partial charge >= 0.3 is 0 Å². The van der Waals surface area contributed by atoms with Crippen molar-refractivity contribution in [2.75, 3.05) is 18.0 Å². The largest absolute Gasteiger partial charge is 0.411 e. The van der Waals surface area contributed by atoms with Crippen LogP contribution in [0.1, 0.15) is 18.5 Å². The van der Waals surface area contributed by atoms with Gasteiger partial charge in [-0.2, -0.15) is 0 Å². The van der Waals surface area contributed by atoms with Crippen LogP contribution in [0, 0.1) is 6.92 Å². The molecule has 1 aromatic heterocycles. The van der Waals surface area contributed by atoms with Crippen molar-refractivity contribution in [1.82, 2.24) is 9.97 Å². The van der Waals surface area contributed by atoms with Crippen LogP contribution in [-0.4, -0.2) is 34.0 Å². The highest BCUT2D eigenvalue weighted by atomic mass is 16.4. The van der Waals surface area contributed by atoms with Crippen LogP contribution >= 0.6 is 0 Å². The first-order chi connectivity index (χ1) is 9.28. The predicted octanol–water partition coefficient (Wildman–Crippen LogP) is 2.37. The maximum absolute atomic E-state index is 8.79. The summed E-state index contributed by atoms with van der Waals surface area (Å²) < 4.78 is 0. The van der Waals surface area contributed by atoms with E-state index in [-0.39, 0.29) is 0 Å². The van der Waals surface area contributed by atoms with Gasteiger partial charge < -0.3 is 10.1 Å². The van der Waals surface area contributed by atoms with Gasteiger partial charge in [-0.25, -0.2) is 9.97 Å². The molecule has 1 N–H and O–H groups in total. The van der Waals surface area contributed by atoms with Gasteiger partial charge in [0.1, 0.15) is 0 Å². The first kappa shape index (κ1) is 11.9. The molecule has 0 bridgehead atoms. The molecule has 1 fully saturated rings. The molecule has 1 aliphatic rings. The fourth-order valence-corrected chi connectivity index (χ4v) is 2.46. The van der Waals surface area contributed by atoms with E-state index in [1.807, 2.05) is 31.2 Å². The van der Waals surface area contributed by atoms with E-state index in [9.17, 15) is 0 Å². The van der Waals surface area contributed by atoms with Gasteiger partial charge in [0.2, 0.25) is 0 Å². The number of rotatable bonds is 1. The number of hydrogen-bond donors (Lipinski definition) is 1. The maximum atomic E-state index is 8.79. The molecular weight excluding hydrogens is 240 g/mol. The summed E-state index contributed by atoms with van der Waals surface area (Å²) >= 11 is 0. The van der Waals surface area contributed by atoms with Crippen LogP contribution in [0.4, 0.5) is 5.82 Å². The Hall–Kier alpha value is -2.17. The Bertz CT molecular complexity index is 628. The van der Waals surface area contributed by atoms with Crippen molar-refractivity contribution < 1.29 is 5.21 Å². The van der Waals surface area contributed by atoms with Gasteiger partial charge in [-0.3, -0.25) is 0 Å². The monoisotopic (exact) mass is 256 g/mol. The number of fused-ring (bicyclic) bond motifs is 1. The molecule has 19 heavy (non-hydrogen) atoms. The van der Waals surface area contributed by atoms with Gasteiger partial charge in [-0.1, -0.05) is 17.3 Å². The lowest BCUT2D eigenvalue weighted by atomic mass is 10.1. The van der Waals surface area contributed by atoms with Crippen molar-refractivity contribution in [3.8, 4) is 0 Å². The van der Waals surface area contributed by atoms with Gasteiger partial charge in [0.25, 0.3) is 0 Å². The molecule has 1 saturated heterocycles. The van der Waals surface area contributed by atoms with Crippen molar-refractivity contribution in [1.29, 1.82) is 0 Å². The third-order valence-electron chi connectivity index (χ3n) is 3.50. The Morgan fingerprint density at radius 2 is 1.74 bits per heavy atom. The normalized spacial score (nSPS) is 15.8. The highest BCUT2D eigenvalue weighted by Crippen LogP contribution is 2.22. The Morgan fingerprint density at radius 1 is 1.11 bits per heavy atom. The maximum Gasteiger partial charge on any atom is 0.150 e. The summed E-state index contributed by atoms with van der Waals surface area (Å²) in [6.07, 6.45) is 1.56. The van der Waals surface area contributed by atoms with Crippen molar-refractivity contribution in [3.05, 3.63) is 30.0 Å². The van der Waals surface area contributed by atoms with E-state index < -0.39 is 0 Å². The van der Waals surface area contributed by atoms with Crippen LogP contribution in [0.5, 0.6) is 0 Å². The predicted molar refractivity (Wildman–Crippen MR) is 74.9 cm³/mol. The number of aromatic nitrogens is 2. The van der Waals surface area contributed by atoms with Crippen LogP contribution in [-0.2, 0) is 0 Å². The minimum Gasteiger partial charge on any atom is -0.411 e. The highest BCUT2D eigenvalue weighted by Gasteiger charge is 2.19. The zero-order valence-corrected chi connectivity index (χ0v) is 10.9. The number of nitrogens with zero attached hydrogens (tertiary/aromatic N) is 4. The molecule has 5 heteroatoms. The molecule has 2 heterocycles. The van der Waals surface area contributed by atoms with Crippen molar-refractivity contribution >= 4 is 22.6 Å². The Morgan fingerprint density at radius 3 is 2.37 bits per heavy atom. The van der Waals surface area contributed by atoms with E-state index in [1.54, 1.807) is 0 Å². The van der Waals surface area contributed by atoms with Gasteiger partial charge in [0.15, 0.2) is 5.82 Å². The lowest BCUT2D eigenvalue weighted by Gasteiger charge is -2.29. The Balaban J connectivity index is 1.94. The molecule has 0 aliphatic carbocycles. The minimum atomic E-state index is 0.782. The number of hydrogen-bond acceptors (Lipinski definition) is 5. The molecule has 3 rings (SSSR count). The first-order valence-corrected chi connectivity index (χ1v) is 6.46. The number of piperidine rings is 1. The smallest absolute Gasteiger partial charge is 0.150 e. The quantitative estimate of drug-likeness (QED) is 0.628. The van der Waals surface area contributed by atoms with E-state index in [0.717, 1.165) is 54.2 Å². The SMILES string of the molecule is Cc1nc2ccccc2nc1N1CCC(=NO)CC1. The zero-order chi connectivity index (χ0) is 13.2. The summed E-state index contributed by atoms with van der Waals surface area (Å²) in [6, 6.07) is 7.91. The number of oxime groups is 1. The number of benzene rings is 1. The summed E-state index contributed by atoms with van der Waals surface area (Å²) in [7, 11) is 0. The van der Waals surface area contributed by atoms with Crippen LogP contribution < -0.4 is 4.90 Å². The summed E-state index contributed by atoms with van der Waals surface area (Å²) in [5.74, 6) is 0.940. The molecule has 2 aromatic rings. The molecule has 0 amide bonds. The lowest BCUT2D eigenvalue weighted by molar-refractivity contribution is 0.315. The number of aryl methyl sites for hydroxylation is 1. The van der Waals surface area contributed by atoms with E-state index >= 15 is 0 Å². The second kappa shape index (κ2) is 4.84. The lowest BCUT2D eigenvalue weighted by Crippen LogP contribution is -2.35.